The summed E-state index contributed by atoms with van der Waals surface area (Å²) in [5.41, 5.74) is 1.15. The number of aromatic nitrogens is 1. The van der Waals surface area contributed by atoms with Gasteiger partial charge in [0.25, 0.3) is 0 Å². The third-order valence-electron chi connectivity index (χ3n) is 6.51. The molecule has 2 aromatic rings. The number of methoxy groups -OCH3 is 1. The zero-order chi connectivity index (χ0) is 19.1. The van der Waals surface area contributed by atoms with Gasteiger partial charge in [-0.2, -0.15) is 0 Å². The number of rotatable bonds is 4. The maximum atomic E-state index is 11.7. The molecule has 1 saturated heterocycles. The molecule has 6 nitrogen and oxygen atoms in total. The lowest BCUT2D eigenvalue weighted by Crippen LogP contribution is -2.58. The van der Waals surface area contributed by atoms with E-state index in [1.807, 2.05) is 30.3 Å². The van der Waals surface area contributed by atoms with Crippen molar-refractivity contribution in [1.82, 2.24) is 9.88 Å². The van der Waals surface area contributed by atoms with E-state index in [1.165, 1.54) is 6.42 Å². The van der Waals surface area contributed by atoms with E-state index in [1.54, 1.807) is 13.3 Å². The van der Waals surface area contributed by atoms with Gasteiger partial charge >= 0.3 is 0 Å². The van der Waals surface area contributed by atoms with Crippen molar-refractivity contribution in [3.63, 3.8) is 0 Å². The number of likely N-dealkylation sites (tertiary alicyclic amines) is 1. The first-order valence-corrected chi connectivity index (χ1v) is 10.0. The predicted octanol–water partition coefficient (Wildman–Crippen LogP) is 2.94. The monoisotopic (exact) mass is 382 g/mol. The summed E-state index contributed by atoms with van der Waals surface area (Å²) in [7, 11) is 1.65. The maximum absolute atomic E-state index is 11.7. The fourth-order valence-electron chi connectivity index (χ4n) is 5.22. The van der Waals surface area contributed by atoms with E-state index in [9.17, 15) is 5.11 Å². The van der Waals surface area contributed by atoms with Crippen LogP contribution in [0, 0.1) is 11.8 Å². The lowest BCUT2D eigenvalue weighted by atomic mass is 9.64. The maximum Gasteiger partial charge on any atom is 0.231 e. The highest BCUT2D eigenvalue weighted by molar-refractivity contribution is 5.55. The Bertz CT molecular complexity index is 843. The molecule has 1 aromatic heterocycles. The number of hydrogen-bond acceptors (Lipinski definition) is 6. The average Bonchev–Trinajstić information content (AvgIpc) is 3.17. The first-order valence-electron chi connectivity index (χ1n) is 10.0. The van der Waals surface area contributed by atoms with Gasteiger partial charge in [0.15, 0.2) is 11.5 Å². The molecule has 1 aliphatic carbocycles. The zero-order valence-electron chi connectivity index (χ0n) is 16.1. The molecule has 2 atom stereocenters. The van der Waals surface area contributed by atoms with Crippen molar-refractivity contribution >= 4 is 0 Å². The van der Waals surface area contributed by atoms with Crippen LogP contribution in [0.25, 0.3) is 0 Å². The van der Waals surface area contributed by atoms with Crippen molar-refractivity contribution in [1.29, 1.82) is 0 Å². The first-order chi connectivity index (χ1) is 13.7. The molecule has 5 rings (SSSR count). The van der Waals surface area contributed by atoms with Crippen LogP contribution in [0.4, 0.5) is 0 Å². The summed E-state index contributed by atoms with van der Waals surface area (Å²) in [6.07, 6.45) is 5.03. The quantitative estimate of drug-likeness (QED) is 0.877. The van der Waals surface area contributed by atoms with Crippen LogP contribution in [0.3, 0.4) is 0 Å². The van der Waals surface area contributed by atoms with Gasteiger partial charge in [0.1, 0.15) is 5.60 Å². The van der Waals surface area contributed by atoms with Crippen LogP contribution >= 0.6 is 0 Å². The number of hydrogen-bond donors (Lipinski definition) is 1. The van der Waals surface area contributed by atoms with Gasteiger partial charge in [0, 0.05) is 37.7 Å². The molecule has 2 fully saturated rings. The Kier molecular flexibility index (Phi) is 4.40. The minimum absolute atomic E-state index is 0.200. The minimum Gasteiger partial charge on any atom is -0.493 e. The Hall–Kier alpha value is -2.31. The van der Waals surface area contributed by atoms with Gasteiger partial charge in [0.2, 0.25) is 12.5 Å². The summed E-state index contributed by atoms with van der Waals surface area (Å²) in [5, 5.41) is 11.7. The van der Waals surface area contributed by atoms with Crippen molar-refractivity contribution < 1.29 is 19.3 Å². The summed E-state index contributed by atoms with van der Waals surface area (Å²) in [5.74, 6) is 2.55. The summed E-state index contributed by atoms with van der Waals surface area (Å²) in [6.45, 7) is 2.76. The van der Waals surface area contributed by atoms with E-state index in [0.29, 0.717) is 11.5 Å². The third kappa shape index (κ3) is 2.83. The summed E-state index contributed by atoms with van der Waals surface area (Å²) in [6, 6.07) is 9.93. The average molecular weight is 382 g/mol. The van der Waals surface area contributed by atoms with Gasteiger partial charge in [-0.15, -0.1) is 0 Å². The number of ether oxygens (including phenoxy) is 3. The van der Waals surface area contributed by atoms with Crippen molar-refractivity contribution in [3.8, 4) is 17.2 Å². The molecule has 148 valence electrons. The summed E-state index contributed by atoms with van der Waals surface area (Å²) in [4.78, 5) is 6.96. The molecule has 1 aromatic carbocycles. The first kappa shape index (κ1) is 17.8. The molecule has 2 bridgehead atoms. The van der Waals surface area contributed by atoms with Crippen LogP contribution in [-0.2, 0) is 12.1 Å². The normalized spacial score (nSPS) is 28.9. The van der Waals surface area contributed by atoms with Gasteiger partial charge in [-0.25, -0.2) is 0 Å². The molecule has 2 aliphatic heterocycles. The van der Waals surface area contributed by atoms with Crippen LogP contribution in [0.5, 0.6) is 17.2 Å². The molecule has 0 unspecified atom stereocenters. The fraction of sp³-hybridized carbons (Fsp3) is 0.500. The van der Waals surface area contributed by atoms with Gasteiger partial charge < -0.3 is 19.3 Å². The van der Waals surface area contributed by atoms with Crippen LogP contribution in [0.2, 0.25) is 0 Å². The number of piperidine rings is 1. The molecule has 0 radical (unpaired) electrons. The molecule has 3 heterocycles. The van der Waals surface area contributed by atoms with Crippen LogP contribution < -0.4 is 14.2 Å². The summed E-state index contributed by atoms with van der Waals surface area (Å²) < 4.78 is 16.5. The van der Waals surface area contributed by atoms with Gasteiger partial charge in [-0.3, -0.25) is 9.88 Å². The Morgan fingerprint density at radius 3 is 2.75 bits per heavy atom. The van der Waals surface area contributed by atoms with Crippen molar-refractivity contribution in [2.24, 2.45) is 11.8 Å². The Morgan fingerprint density at radius 2 is 2.04 bits per heavy atom. The highest BCUT2D eigenvalue weighted by Crippen LogP contribution is 2.49. The lowest BCUT2D eigenvalue weighted by Gasteiger charge is -2.52. The van der Waals surface area contributed by atoms with Crippen LogP contribution in [0.1, 0.15) is 30.5 Å². The molecule has 6 heteroatoms. The van der Waals surface area contributed by atoms with E-state index in [0.717, 1.165) is 49.5 Å². The molecule has 0 spiro atoms. The third-order valence-corrected chi connectivity index (χ3v) is 6.51. The second-order valence-corrected chi connectivity index (χ2v) is 8.09. The van der Waals surface area contributed by atoms with E-state index in [-0.39, 0.29) is 18.6 Å². The lowest BCUT2D eigenvalue weighted by molar-refractivity contribution is -0.151. The largest absolute Gasteiger partial charge is 0.493 e. The molecular formula is C22H26N2O4. The molecule has 1 saturated carbocycles. The van der Waals surface area contributed by atoms with E-state index in [2.05, 4.69) is 9.88 Å². The smallest absolute Gasteiger partial charge is 0.231 e. The van der Waals surface area contributed by atoms with Gasteiger partial charge in [-0.1, -0.05) is 12.5 Å². The van der Waals surface area contributed by atoms with Crippen molar-refractivity contribution in [3.05, 3.63) is 47.8 Å². The van der Waals surface area contributed by atoms with Crippen molar-refractivity contribution in [2.75, 3.05) is 27.0 Å². The topological polar surface area (TPSA) is 64.1 Å². The number of fused-ring (bicyclic) bond motifs is 3. The van der Waals surface area contributed by atoms with Gasteiger partial charge in [-0.05, 0) is 42.7 Å². The number of nitrogens with zero attached hydrogens (tertiary/aromatic N) is 2. The predicted molar refractivity (Wildman–Crippen MR) is 103 cm³/mol. The number of pyridine rings is 1. The number of aliphatic hydroxyl groups is 1. The van der Waals surface area contributed by atoms with E-state index >= 15 is 0 Å². The second kappa shape index (κ2) is 6.94. The molecule has 0 amide bonds. The van der Waals surface area contributed by atoms with Gasteiger partial charge in [0.05, 0.1) is 12.8 Å². The minimum atomic E-state index is -0.817. The molecule has 28 heavy (non-hydrogen) atoms. The Balaban J connectivity index is 1.39. The fourth-order valence-corrected chi connectivity index (χ4v) is 5.22. The van der Waals surface area contributed by atoms with E-state index < -0.39 is 5.60 Å². The van der Waals surface area contributed by atoms with Crippen molar-refractivity contribution in [2.45, 2.75) is 31.4 Å². The Morgan fingerprint density at radius 1 is 1.21 bits per heavy atom. The summed E-state index contributed by atoms with van der Waals surface area (Å²) >= 11 is 0. The SMILES string of the molecule is COc1cc(CN2C[C@H]3CCC[C@H](C2)C3(O)c2ccccn2)cc2c1OCO2. The van der Waals surface area contributed by atoms with Crippen LogP contribution in [-0.4, -0.2) is 42.0 Å². The molecule has 1 N–H and O–H groups in total. The molecular weight excluding hydrogens is 356 g/mol. The number of benzene rings is 1. The Labute approximate surface area is 165 Å². The highest BCUT2D eigenvalue weighted by atomic mass is 16.7. The highest BCUT2D eigenvalue weighted by Gasteiger charge is 2.52. The standard InChI is InChI=1S/C22H26N2O4/c1-26-18-9-15(10-19-21(18)28-14-27-19)11-24-12-16-5-4-6-17(13-24)22(16,25)20-7-2-3-8-23-20/h2-3,7-10,16-17,25H,4-6,11-14H2,1H3/t16-,17-/m1/s1. The zero-order valence-corrected chi connectivity index (χ0v) is 16.1. The molecule has 3 aliphatic rings. The van der Waals surface area contributed by atoms with E-state index in [4.69, 9.17) is 14.2 Å². The van der Waals surface area contributed by atoms with Crippen LogP contribution in [0.15, 0.2) is 36.5 Å². The second-order valence-electron chi connectivity index (χ2n) is 8.09.